The van der Waals surface area contributed by atoms with Crippen molar-refractivity contribution in [2.24, 2.45) is 0 Å². The van der Waals surface area contributed by atoms with E-state index >= 15 is 0 Å². The molecule has 1 saturated heterocycles. The maximum atomic E-state index is 12.0. The summed E-state index contributed by atoms with van der Waals surface area (Å²) in [5.41, 5.74) is 1.54. The summed E-state index contributed by atoms with van der Waals surface area (Å²) in [6, 6.07) is 4.93. The maximum absolute atomic E-state index is 12.0. The Morgan fingerprint density at radius 1 is 1.44 bits per heavy atom. The molecule has 2 amide bonds. The zero-order valence-corrected chi connectivity index (χ0v) is 11.1. The van der Waals surface area contributed by atoms with Crippen molar-refractivity contribution in [1.29, 1.82) is 0 Å². The Morgan fingerprint density at radius 3 is 2.83 bits per heavy atom. The summed E-state index contributed by atoms with van der Waals surface area (Å²) in [5, 5.41) is 3.20. The fraction of sp³-hybridized carbons (Fsp3) is 0.385. The van der Waals surface area contributed by atoms with E-state index in [1.165, 1.54) is 0 Å². The molecule has 96 valence electrons. The number of piperazine rings is 1. The molecule has 1 aliphatic heterocycles. The molecule has 1 N–H and O–H groups in total. The number of hydrogen-bond donors (Lipinski definition) is 1. The van der Waals surface area contributed by atoms with Crippen LogP contribution >= 0.6 is 11.6 Å². The summed E-state index contributed by atoms with van der Waals surface area (Å²) in [6.07, 6.45) is 0.573. The minimum atomic E-state index is -0.455. The Hall–Kier alpha value is -1.55. The summed E-state index contributed by atoms with van der Waals surface area (Å²) >= 11 is 6.07. The minimum absolute atomic E-state index is 0.0429. The number of nitrogens with one attached hydrogen (secondary N) is 1. The number of nitrogens with zero attached hydrogens (tertiary/aromatic N) is 1. The van der Waals surface area contributed by atoms with Gasteiger partial charge in [-0.2, -0.15) is 0 Å². The molecule has 5 heteroatoms. The van der Waals surface area contributed by atoms with E-state index in [4.69, 9.17) is 11.6 Å². The third-order valence-electron chi connectivity index (χ3n) is 3.18. The quantitative estimate of drug-likeness (QED) is 0.889. The molecule has 1 heterocycles. The van der Waals surface area contributed by atoms with Crippen molar-refractivity contribution in [2.45, 2.75) is 26.3 Å². The minimum Gasteiger partial charge on any atom is -0.345 e. The number of halogens is 1. The molecular formula is C13H15ClN2O2. The number of carbonyl (C=O) groups is 2. The van der Waals surface area contributed by atoms with Gasteiger partial charge in [0.05, 0.1) is 6.54 Å². The Labute approximate surface area is 111 Å². The van der Waals surface area contributed by atoms with E-state index in [0.29, 0.717) is 17.1 Å². The van der Waals surface area contributed by atoms with E-state index in [2.05, 4.69) is 5.32 Å². The molecule has 1 aromatic rings. The Kier molecular flexibility index (Phi) is 3.57. The molecule has 1 fully saturated rings. The first kappa shape index (κ1) is 12.9. The molecule has 0 bridgehead atoms. The fourth-order valence-corrected chi connectivity index (χ4v) is 2.35. The number of carbonyl (C=O) groups excluding carboxylic acids is 2. The van der Waals surface area contributed by atoms with Gasteiger partial charge in [-0.15, -0.1) is 0 Å². The van der Waals surface area contributed by atoms with Gasteiger partial charge < -0.3 is 5.32 Å². The molecule has 0 aromatic heterocycles. The van der Waals surface area contributed by atoms with Gasteiger partial charge in [0.1, 0.15) is 6.04 Å². The van der Waals surface area contributed by atoms with Crippen LogP contribution < -0.4 is 10.2 Å². The molecule has 0 radical (unpaired) electrons. The lowest BCUT2D eigenvalue weighted by Crippen LogP contribution is -2.58. The van der Waals surface area contributed by atoms with Crippen LogP contribution in [0.3, 0.4) is 0 Å². The molecule has 0 aliphatic carbocycles. The second kappa shape index (κ2) is 4.98. The van der Waals surface area contributed by atoms with Crippen LogP contribution in [0.25, 0.3) is 0 Å². The van der Waals surface area contributed by atoms with Gasteiger partial charge in [0.15, 0.2) is 0 Å². The predicted octanol–water partition coefficient (Wildman–Crippen LogP) is 1.89. The summed E-state index contributed by atoms with van der Waals surface area (Å²) in [6.45, 7) is 3.78. The van der Waals surface area contributed by atoms with E-state index in [1.807, 2.05) is 19.9 Å². The molecule has 0 spiro atoms. The first-order valence-corrected chi connectivity index (χ1v) is 6.29. The van der Waals surface area contributed by atoms with Crippen LogP contribution in [0, 0.1) is 6.92 Å². The van der Waals surface area contributed by atoms with Gasteiger partial charge in [-0.05, 0) is 31.0 Å². The Morgan fingerprint density at radius 2 is 2.17 bits per heavy atom. The Bertz CT molecular complexity index is 502. The van der Waals surface area contributed by atoms with Crippen molar-refractivity contribution in [1.82, 2.24) is 5.32 Å². The number of rotatable bonds is 2. The monoisotopic (exact) mass is 266 g/mol. The van der Waals surface area contributed by atoms with Crippen molar-refractivity contribution in [3.8, 4) is 0 Å². The maximum Gasteiger partial charge on any atom is 0.247 e. The van der Waals surface area contributed by atoms with Gasteiger partial charge in [0.2, 0.25) is 11.8 Å². The largest absolute Gasteiger partial charge is 0.345 e. The highest BCUT2D eigenvalue weighted by atomic mass is 35.5. The average Bonchev–Trinajstić information content (AvgIpc) is 2.36. The highest BCUT2D eigenvalue weighted by Gasteiger charge is 2.34. The van der Waals surface area contributed by atoms with E-state index in [0.717, 1.165) is 5.56 Å². The number of hydrogen-bond acceptors (Lipinski definition) is 2. The van der Waals surface area contributed by atoms with Gasteiger partial charge in [-0.25, -0.2) is 0 Å². The van der Waals surface area contributed by atoms with E-state index in [1.54, 1.807) is 17.0 Å². The standard InChI is InChI=1S/C13H15ClN2O2/c1-3-10-13(18)15-7-12(17)16(10)11-6-4-5-9(14)8(11)2/h4-6,10H,3,7H2,1-2H3,(H,15,18). The third-order valence-corrected chi connectivity index (χ3v) is 3.59. The zero-order chi connectivity index (χ0) is 13.3. The van der Waals surface area contributed by atoms with Crippen LogP contribution in [0.15, 0.2) is 18.2 Å². The summed E-state index contributed by atoms with van der Waals surface area (Å²) < 4.78 is 0. The molecule has 1 aliphatic rings. The highest BCUT2D eigenvalue weighted by molar-refractivity contribution is 6.31. The predicted molar refractivity (Wildman–Crippen MR) is 70.8 cm³/mol. The van der Waals surface area contributed by atoms with Crippen molar-refractivity contribution in [2.75, 3.05) is 11.4 Å². The van der Waals surface area contributed by atoms with Crippen molar-refractivity contribution in [3.05, 3.63) is 28.8 Å². The molecule has 1 unspecified atom stereocenters. The van der Waals surface area contributed by atoms with E-state index in [-0.39, 0.29) is 18.4 Å². The first-order valence-electron chi connectivity index (χ1n) is 5.91. The van der Waals surface area contributed by atoms with Crippen LogP contribution in [0.5, 0.6) is 0 Å². The molecule has 1 aromatic carbocycles. The number of anilines is 1. The molecule has 1 atom stereocenters. The molecule has 4 nitrogen and oxygen atoms in total. The van der Waals surface area contributed by atoms with Gasteiger partial charge >= 0.3 is 0 Å². The molecule has 2 rings (SSSR count). The highest BCUT2D eigenvalue weighted by Crippen LogP contribution is 2.29. The van der Waals surface area contributed by atoms with Crippen LogP contribution in [0.2, 0.25) is 5.02 Å². The van der Waals surface area contributed by atoms with Gasteiger partial charge in [0, 0.05) is 10.7 Å². The summed E-state index contributed by atoms with van der Waals surface area (Å²) in [4.78, 5) is 25.4. The second-order valence-corrected chi connectivity index (χ2v) is 4.70. The smallest absolute Gasteiger partial charge is 0.247 e. The van der Waals surface area contributed by atoms with Gasteiger partial charge in [0.25, 0.3) is 0 Å². The van der Waals surface area contributed by atoms with Gasteiger partial charge in [-0.3, -0.25) is 14.5 Å². The Balaban J connectivity index is 2.48. The van der Waals surface area contributed by atoms with E-state index < -0.39 is 6.04 Å². The summed E-state index contributed by atoms with van der Waals surface area (Å²) in [7, 11) is 0. The molecular weight excluding hydrogens is 252 g/mol. The first-order chi connectivity index (χ1) is 8.56. The lowest BCUT2D eigenvalue weighted by Gasteiger charge is -2.35. The van der Waals surface area contributed by atoms with Crippen LogP contribution in [-0.4, -0.2) is 24.4 Å². The molecule has 0 saturated carbocycles. The topological polar surface area (TPSA) is 49.4 Å². The molecule has 18 heavy (non-hydrogen) atoms. The van der Waals surface area contributed by atoms with E-state index in [9.17, 15) is 9.59 Å². The SMILES string of the molecule is CCC1C(=O)NCC(=O)N1c1cccc(Cl)c1C. The lowest BCUT2D eigenvalue weighted by atomic mass is 10.1. The van der Waals surface area contributed by atoms with Crippen molar-refractivity contribution < 1.29 is 9.59 Å². The fourth-order valence-electron chi connectivity index (χ4n) is 2.18. The van der Waals surface area contributed by atoms with Crippen LogP contribution in [-0.2, 0) is 9.59 Å². The lowest BCUT2D eigenvalue weighted by molar-refractivity contribution is -0.131. The van der Waals surface area contributed by atoms with Crippen LogP contribution in [0.4, 0.5) is 5.69 Å². The normalized spacial score (nSPS) is 19.9. The third kappa shape index (κ3) is 2.08. The number of amides is 2. The van der Waals surface area contributed by atoms with Crippen molar-refractivity contribution in [3.63, 3.8) is 0 Å². The van der Waals surface area contributed by atoms with Crippen LogP contribution in [0.1, 0.15) is 18.9 Å². The average molecular weight is 267 g/mol. The summed E-state index contributed by atoms with van der Waals surface area (Å²) in [5.74, 6) is -0.219. The number of benzene rings is 1. The zero-order valence-electron chi connectivity index (χ0n) is 10.4. The van der Waals surface area contributed by atoms with Crippen molar-refractivity contribution >= 4 is 29.1 Å². The van der Waals surface area contributed by atoms with Gasteiger partial charge in [-0.1, -0.05) is 24.6 Å². The second-order valence-electron chi connectivity index (χ2n) is 4.29.